The van der Waals surface area contributed by atoms with Gasteiger partial charge in [-0.3, -0.25) is 9.59 Å². The van der Waals surface area contributed by atoms with E-state index >= 15 is 0 Å². The van der Waals surface area contributed by atoms with Gasteiger partial charge in [0.15, 0.2) is 0 Å². The van der Waals surface area contributed by atoms with E-state index in [1.54, 1.807) is 0 Å². The molecular formula is C18H34N2O5. The summed E-state index contributed by atoms with van der Waals surface area (Å²) >= 11 is 0. The molecule has 1 aliphatic rings. The highest BCUT2D eigenvalue weighted by Gasteiger charge is 2.50. The second-order valence-electron chi connectivity index (χ2n) is 7.66. The molecule has 0 aliphatic carbocycles. The second kappa shape index (κ2) is 8.96. The maximum atomic E-state index is 12.3. The highest BCUT2D eigenvalue weighted by Crippen LogP contribution is 2.36. The van der Waals surface area contributed by atoms with Crippen molar-refractivity contribution in [1.82, 2.24) is 0 Å². The lowest BCUT2D eigenvalue weighted by Gasteiger charge is -2.33. The van der Waals surface area contributed by atoms with Crippen LogP contribution in [0.25, 0.3) is 0 Å². The summed E-state index contributed by atoms with van der Waals surface area (Å²) < 4.78 is 17.0. The molecule has 0 radical (unpaired) electrons. The van der Waals surface area contributed by atoms with Crippen LogP contribution in [0.15, 0.2) is 0 Å². The van der Waals surface area contributed by atoms with Crippen molar-refractivity contribution in [2.24, 2.45) is 23.3 Å². The average molecular weight is 358 g/mol. The first-order valence-electron chi connectivity index (χ1n) is 9.10. The molecule has 1 heterocycles. The molecule has 1 fully saturated rings. The minimum atomic E-state index is -0.863. The Morgan fingerprint density at radius 3 is 2.12 bits per heavy atom. The van der Waals surface area contributed by atoms with Crippen molar-refractivity contribution >= 4 is 11.9 Å². The summed E-state index contributed by atoms with van der Waals surface area (Å²) in [5.74, 6) is -0.980. The van der Waals surface area contributed by atoms with Crippen LogP contribution >= 0.6 is 0 Å². The normalized spacial score (nSPS) is 28.9. The Balaban J connectivity index is 2.82. The van der Waals surface area contributed by atoms with Crippen LogP contribution < -0.4 is 11.5 Å². The number of carbonyl (C=O) groups is 2. The van der Waals surface area contributed by atoms with E-state index in [0.717, 1.165) is 0 Å². The predicted octanol–water partition coefficient (Wildman–Crippen LogP) is 1.37. The highest BCUT2D eigenvalue weighted by molar-refractivity contribution is 5.76. The van der Waals surface area contributed by atoms with Gasteiger partial charge >= 0.3 is 11.9 Å². The van der Waals surface area contributed by atoms with E-state index in [4.69, 9.17) is 25.7 Å². The van der Waals surface area contributed by atoms with E-state index in [9.17, 15) is 9.59 Å². The van der Waals surface area contributed by atoms with Crippen LogP contribution in [0.3, 0.4) is 0 Å². The maximum Gasteiger partial charge on any atom is 0.323 e. The lowest BCUT2D eigenvalue weighted by Crippen LogP contribution is -2.50. The Bertz CT molecular complexity index is 468. The molecule has 7 nitrogen and oxygen atoms in total. The lowest BCUT2D eigenvalue weighted by molar-refractivity contribution is -0.177. The molecule has 0 spiro atoms. The van der Waals surface area contributed by atoms with Crippen LogP contribution in [-0.4, -0.2) is 48.4 Å². The minimum absolute atomic E-state index is 0.00194. The number of hydrogen-bond donors (Lipinski definition) is 2. The van der Waals surface area contributed by atoms with Crippen LogP contribution in [0, 0.1) is 11.8 Å². The molecule has 1 rings (SSSR count). The SMILES string of the molecule is CC[C@]1(COC(=O)[C@@H](N)C(C)C)O[C@@H](C)C[C@@H]1OC(=O)[C@H](N)C(C)C. The van der Waals surface area contributed by atoms with E-state index in [0.29, 0.717) is 12.8 Å². The number of esters is 2. The Morgan fingerprint density at radius 1 is 1.12 bits per heavy atom. The molecule has 1 saturated heterocycles. The monoisotopic (exact) mass is 358 g/mol. The second-order valence-corrected chi connectivity index (χ2v) is 7.66. The number of hydrogen-bond acceptors (Lipinski definition) is 7. The first-order valence-corrected chi connectivity index (χ1v) is 9.10. The van der Waals surface area contributed by atoms with Gasteiger partial charge in [-0.15, -0.1) is 0 Å². The summed E-state index contributed by atoms with van der Waals surface area (Å²) in [5, 5.41) is 0. The average Bonchev–Trinajstić information content (AvgIpc) is 2.86. The fourth-order valence-corrected chi connectivity index (χ4v) is 2.79. The van der Waals surface area contributed by atoms with Crippen molar-refractivity contribution in [3.63, 3.8) is 0 Å². The molecule has 0 aromatic carbocycles. The zero-order valence-electron chi connectivity index (χ0n) is 16.3. The first-order chi connectivity index (χ1) is 11.5. The summed E-state index contributed by atoms with van der Waals surface area (Å²) in [7, 11) is 0. The molecule has 146 valence electrons. The molecule has 1 aliphatic heterocycles. The van der Waals surface area contributed by atoms with Gasteiger partial charge in [0.05, 0.1) is 6.10 Å². The largest absolute Gasteiger partial charge is 0.461 e. The molecule has 0 bridgehead atoms. The van der Waals surface area contributed by atoms with Gasteiger partial charge in [0.1, 0.15) is 30.4 Å². The molecule has 0 amide bonds. The van der Waals surface area contributed by atoms with Gasteiger partial charge in [-0.1, -0.05) is 34.6 Å². The van der Waals surface area contributed by atoms with Crippen LogP contribution in [-0.2, 0) is 23.8 Å². The summed E-state index contributed by atoms with van der Waals surface area (Å²) in [6, 6.07) is -1.38. The van der Waals surface area contributed by atoms with E-state index in [2.05, 4.69) is 0 Å². The van der Waals surface area contributed by atoms with Gasteiger partial charge in [-0.2, -0.15) is 0 Å². The van der Waals surface area contributed by atoms with Gasteiger partial charge in [0.25, 0.3) is 0 Å². The number of ether oxygens (including phenoxy) is 3. The fourth-order valence-electron chi connectivity index (χ4n) is 2.79. The first kappa shape index (κ1) is 21.9. The maximum absolute atomic E-state index is 12.3. The van der Waals surface area contributed by atoms with Gasteiger partial charge in [-0.05, 0) is 25.2 Å². The molecule has 5 atom stereocenters. The van der Waals surface area contributed by atoms with Crippen LogP contribution in [0.1, 0.15) is 54.4 Å². The van der Waals surface area contributed by atoms with Crippen LogP contribution in [0.4, 0.5) is 0 Å². The summed E-state index contributed by atoms with van der Waals surface area (Å²) in [5.41, 5.74) is 10.8. The van der Waals surface area contributed by atoms with E-state index in [1.807, 2.05) is 41.5 Å². The van der Waals surface area contributed by atoms with Crippen molar-refractivity contribution in [3.8, 4) is 0 Å². The molecule has 0 aromatic rings. The molecule has 4 N–H and O–H groups in total. The lowest BCUT2D eigenvalue weighted by atomic mass is 9.93. The minimum Gasteiger partial charge on any atom is -0.461 e. The highest BCUT2D eigenvalue weighted by atomic mass is 16.6. The van der Waals surface area contributed by atoms with Gasteiger partial charge in [-0.25, -0.2) is 0 Å². The van der Waals surface area contributed by atoms with Crippen LogP contribution in [0.2, 0.25) is 0 Å². The summed E-state index contributed by atoms with van der Waals surface area (Å²) in [6.45, 7) is 11.3. The van der Waals surface area contributed by atoms with E-state index in [1.165, 1.54) is 0 Å². The number of rotatable bonds is 8. The summed E-state index contributed by atoms with van der Waals surface area (Å²) in [4.78, 5) is 24.3. The molecule has 0 saturated carbocycles. The zero-order valence-corrected chi connectivity index (χ0v) is 16.3. The van der Waals surface area contributed by atoms with Crippen LogP contribution in [0.5, 0.6) is 0 Å². The third-order valence-electron chi connectivity index (χ3n) is 4.87. The fraction of sp³-hybridized carbons (Fsp3) is 0.889. The quantitative estimate of drug-likeness (QED) is 0.630. The van der Waals surface area contributed by atoms with Crippen molar-refractivity contribution in [2.45, 2.75) is 84.3 Å². The van der Waals surface area contributed by atoms with Crippen molar-refractivity contribution in [2.75, 3.05) is 6.61 Å². The molecule has 7 heteroatoms. The molecule has 25 heavy (non-hydrogen) atoms. The third-order valence-corrected chi connectivity index (χ3v) is 4.87. The van der Waals surface area contributed by atoms with Gasteiger partial charge in [0.2, 0.25) is 0 Å². The standard InChI is InChI=1S/C18H34N2O5/c1-7-18(9-23-16(21)14(19)10(2)3)13(8-12(6)25-18)24-17(22)15(20)11(4)5/h10-15H,7-9,19-20H2,1-6H3/t12-,13-,14-,15+,18+/m0/s1. The third kappa shape index (κ3) is 5.39. The Kier molecular flexibility index (Phi) is 7.84. The zero-order chi connectivity index (χ0) is 19.4. The van der Waals surface area contributed by atoms with Gasteiger partial charge in [0, 0.05) is 6.42 Å². The number of carbonyl (C=O) groups excluding carboxylic acids is 2. The van der Waals surface area contributed by atoms with Crippen molar-refractivity contribution < 1.29 is 23.8 Å². The Labute approximate surface area is 150 Å². The van der Waals surface area contributed by atoms with Crippen molar-refractivity contribution in [1.29, 1.82) is 0 Å². The van der Waals surface area contributed by atoms with Gasteiger partial charge < -0.3 is 25.7 Å². The van der Waals surface area contributed by atoms with E-state index < -0.39 is 35.7 Å². The molecule has 0 aromatic heterocycles. The molecule has 0 unspecified atom stereocenters. The number of nitrogens with two attached hydrogens (primary N) is 2. The van der Waals surface area contributed by atoms with Crippen molar-refractivity contribution in [3.05, 3.63) is 0 Å². The summed E-state index contributed by atoms with van der Waals surface area (Å²) in [6.07, 6.45) is 0.465. The Hall–Kier alpha value is -1.18. The topological polar surface area (TPSA) is 114 Å². The smallest absolute Gasteiger partial charge is 0.323 e. The van der Waals surface area contributed by atoms with E-state index in [-0.39, 0.29) is 24.5 Å². The predicted molar refractivity (Wildman–Crippen MR) is 94.7 cm³/mol. The Morgan fingerprint density at radius 2 is 1.64 bits per heavy atom. The molecular weight excluding hydrogens is 324 g/mol.